The van der Waals surface area contributed by atoms with Crippen molar-refractivity contribution in [3.05, 3.63) is 0 Å². The number of nitrogens with zero attached hydrogens (tertiary/aromatic N) is 1. The Kier molecular flexibility index (Phi) is 3.84. The molecule has 0 bridgehead atoms. The molecular weight excluding hydrogens is 202 g/mol. The van der Waals surface area contributed by atoms with Crippen LogP contribution in [0.2, 0.25) is 0 Å². The Labute approximate surface area is 98.3 Å². The van der Waals surface area contributed by atoms with Gasteiger partial charge in [0.15, 0.2) is 0 Å². The minimum Gasteiger partial charge on any atom is -0.409 e. The van der Waals surface area contributed by atoms with Gasteiger partial charge in [0.1, 0.15) is 5.84 Å². The third-order valence-electron chi connectivity index (χ3n) is 4.58. The molecule has 1 rings (SSSR count). The first-order chi connectivity index (χ1) is 7.34. The standard InChI is InChI=1S/C12H25N3O/c1-11(2)9(12(11,3)4)8-14-7-5-6-10(13)15-16/h9,14,16H,5-8H2,1-4H3,(H2,13,15). The molecule has 4 heteroatoms. The molecule has 94 valence electrons. The summed E-state index contributed by atoms with van der Waals surface area (Å²) in [5.41, 5.74) is 6.29. The summed E-state index contributed by atoms with van der Waals surface area (Å²) in [5.74, 6) is 1.07. The Hall–Kier alpha value is -0.770. The van der Waals surface area contributed by atoms with Gasteiger partial charge in [0.2, 0.25) is 0 Å². The summed E-state index contributed by atoms with van der Waals surface area (Å²) in [6.45, 7) is 11.3. The van der Waals surface area contributed by atoms with Gasteiger partial charge in [0.05, 0.1) is 0 Å². The zero-order valence-electron chi connectivity index (χ0n) is 10.9. The van der Waals surface area contributed by atoms with Crippen LogP contribution in [0.5, 0.6) is 0 Å². The molecule has 0 radical (unpaired) electrons. The summed E-state index contributed by atoms with van der Waals surface area (Å²) in [6.07, 6.45) is 1.57. The predicted molar refractivity (Wildman–Crippen MR) is 66.6 cm³/mol. The van der Waals surface area contributed by atoms with Crippen molar-refractivity contribution >= 4 is 5.84 Å². The molecule has 4 nitrogen and oxygen atoms in total. The molecule has 4 N–H and O–H groups in total. The topological polar surface area (TPSA) is 70.6 Å². The zero-order valence-corrected chi connectivity index (χ0v) is 10.9. The van der Waals surface area contributed by atoms with Gasteiger partial charge < -0.3 is 16.3 Å². The fraction of sp³-hybridized carbons (Fsp3) is 0.917. The van der Waals surface area contributed by atoms with Crippen LogP contribution in [-0.2, 0) is 0 Å². The second-order valence-electron chi connectivity index (χ2n) is 5.89. The van der Waals surface area contributed by atoms with Gasteiger partial charge in [-0.1, -0.05) is 32.9 Å². The largest absolute Gasteiger partial charge is 0.409 e. The SMILES string of the molecule is CC1(C)C(CNCCCC(N)=NO)C1(C)C. The fourth-order valence-electron chi connectivity index (χ4n) is 2.53. The molecule has 0 aromatic rings. The van der Waals surface area contributed by atoms with Crippen molar-refractivity contribution in [3.8, 4) is 0 Å². The lowest BCUT2D eigenvalue weighted by atomic mass is 10.0. The molecule has 0 saturated heterocycles. The van der Waals surface area contributed by atoms with Crippen molar-refractivity contribution in [1.82, 2.24) is 5.32 Å². The van der Waals surface area contributed by atoms with E-state index in [1.54, 1.807) is 0 Å². The summed E-state index contributed by atoms with van der Waals surface area (Å²) in [5, 5.41) is 14.8. The van der Waals surface area contributed by atoms with Crippen LogP contribution in [0.1, 0.15) is 40.5 Å². The predicted octanol–water partition coefficient (Wildman–Crippen LogP) is 1.78. The van der Waals surface area contributed by atoms with Crippen LogP contribution in [0.25, 0.3) is 0 Å². The van der Waals surface area contributed by atoms with Gasteiger partial charge in [-0.3, -0.25) is 0 Å². The molecule has 0 unspecified atom stereocenters. The van der Waals surface area contributed by atoms with Gasteiger partial charge in [0, 0.05) is 6.42 Å². The molecule has 16 heavy (non-hydrogen) atoms. The smallest absolute Gasteiger partial charge is 0.139 e. The van der Waals surface area contributed by atoms with E-state index in [1.165, 1.54) is 0 Å². The monoisotopic (exact) mass is 227 g/mol. The van der Waals surface area contributed by atoms with Crippen LogP contribution in [-0.4, -0.2) is 24.1 Å². The fourth-order valence-corrected chi connectivity index (χ4v) is 2.53. The zero-order chi connectivity index (χ0) is 12.4. The molecule has 0 amide bonds. The minimum atomic E-state index is 0.314. The van der Waals surface area contributed by atoms with E-state index in [-0.39, 0.29) is 0 Å². The molecule has 1 saturated carbocycles. The van der Waals surface area contributed by atoms with Gasteiger partial charge in [-0.2, -0.15) is 0 Å². The van der Waals surface area contributed by atoms with E-state index in [2.05, 4.69) is 38.2 Å². The highest BCUT2D eigenvalue weighted by molar-refractivity contribution is 5.79. The van der Waals surface area contributed by atoms with E-state index < -0.39 is 0 Å². The van der Waals surface area contributed by atoms with Gasteiger partial charge >= 0.3 is 0 Å². The van der Waals surface area contributed by atoms with Gasteiger partial charge in [-0.05, 0) is 36.3 Å². The molecule has 0 aromatic carbocycles. The summed E-state index contributed by atoms with van der Waals surface area (Å²) in [4.78, 5) is 0. The number of rotatable bonds is 6. The number of oxime groups is 1. The number of hydrogen-bond donors (Lipinski definition) is 3. The van der Waals surface area contributed by atoms with Crippen molar-refractivity contribution in [3.63, 3.8) is 0 Å². The van der Waals surface area contributed by atoms with Crippen LogP contribution in [0, 0.1) is 16.7 Å². The van der Waals surface area contributed by atoms with Crippen molar-refractivity contribution in [2.45, 2.75) is 40.5 Å². The highest BCUT2D eigenvalue weighted by atomic mass is 16.4. The number of hydrogen-bond acceptors (Lipinski definition) is 3. The Morgan fingerprint density at radius 3 is 2.31 bits per heavy atom. The lowest BCUT2D eigenvalue weighted by Crippen LogP contribution is -2.22. The van der Waals surface area contributed by atoms with Crippen LogP contribution in [0.15, 0.2) is 5.16 Å². The molecular formula is C12H25N3O. The van der Waals surface area contributed by atoms with Gasteiger partial charge in [0.25, 0.3) is 0 Å². The summed E-state index contributed by atoms with van der Waals surface area (Å²) >= 11 is 0. The van der Waals surface area contributed by atoms with E-state index in [9.17, 15) is 0 Å². The Morgan fingerprint density at radius 1 is 1.31 bits per heavy atom. The molecule has 1 fully saturated rings. The number of amidine groups is 1. The van der Waals surface area contributed by atoms with Crippen LogP contribution in [0.3, 0.4) is 0 Å². The molecule has 0 aliphatic heterocycles. The second-order valence-corrected chi connectivity index (χ2v) is 5.89. The average molecular weight is 227 g/mol. The Balaban J connectivity index is 2.10. The van der Waals surface area contributed by atoms with Crippen molar-refractivity contribution < 1.29 is 5.21 Å². The molecule has 0 atom stereocenters. The summed E-state index contributed by atoms with van der Waals surface area (Å²) in [7, 11) is 0. The molecule has 1 aliphatic rings. The van der Waals surface area contributed by atoms with E-state index in [0.29, 0.717) is 23.1 Å². The summed E-state index contributed by atoms with van der Waals surface area (Å²) < 4.78 is 0. The van der Waals surface area contributed by atoms with Crippen LogP contribution in [0.4, 0.5) is 0 Å². The van der Waals surface area contributed by atoms with Gasteiger partial charge in [-0.15, -0.1) is 0 Å². The van der Waals surface area contributed by atoms with Crippen molar-refractivity contribution in [2.75, 3.05) is 13.1 Å². The molecule has 0 aromatic heterocycles. The second kappa shape index (κ2) is 4.62. The van der Waals surface area contributed by atoms with E-state index in [4.69, 9.17) is 10.9 Å². The van der Waals surface area contributed by atoms with Crippen LogP contribution < -0.4 is 11.1 Å². The van der Waals surface area contributed by atoms with Crippen molar-refractivity contribution in [1.29, 1.82) is 0 Å². The molecule has 0 spiro atoms. The van der Waals surface area contributed by atoms with Crippen molar-refractivity contribution in [2.24, 2.45) is 27.6 Å². The third kappa shape index (κ3) is 2.48. The van der Waals surface area contributed by atoms with Crippen LogP contribution >= 0.6 is 0 Å². The first-order valence-corrected chi connectivity index (χ1v) is 6.01. The molecule has 1 aliphatic carbocycles. The Bertz CT molecular complexity index is 257. The average Bonchev–Trinajstić information content (AvgIpc) is 2.59. The highest BCUT2D eigenvalue weighted by Crippen LogP contribution is 2.67. The lowest BCUT2D eigenvalue weighted by Gasteiger charge is -2.05. The minimum absolute atomic E-state index is 0.314. The third-order valence-corrected chi connectivity index (χ3v) is 4.58. The molecule has 0 heterocycles. The number of nitrogens with two attached hydrogens (primary N) is 1. The van der Waals surface area contributed by atoms with E-state index in [0.717, 1.165) is 25.4 Å². The maximum atomic E-state index is 8.37. The maximum Gasteiger partial charge on any atom is 0.139 e. The van der Waals surface area contributed by atoms with Gasteiger partial charge in [-0.25, -0.2) is 0 Å². The highest BCUT2D eigenvalue weighted by Gasteiger charge is 2.63. The maximum absolute atomic E-state index is 8.37. The first kappa shape index (κ1) is 13.3. The van der Waals surface area contributed by atoms with E-state index >= 15 is 0 Å². The van der Waals surface area contributed by atoms with E-state index in [1.807, 2.05) is 0 Å². The normalized spacial score (nSPS) is 23.4. The first-order valence-electron chi connectivity index (χ1n) is 6.01. The quantitative estimate of drug-likeness (QED) is 0.213. The number of nitrogens with one attached hydrogen (secondary N) is 1. The summed E-state index contributed by atoms with van der Waals surface area (Å²) in [6, 6.07) is 0. The lowest BCUT2D eigenvalue weighted by molar-refractivity contribution is 0.316. The Morgan fingerprint density at radius 2 is 1.88 bits per heavy atom.